The number of nitrogens with zero attached hydrogens (tertiary/aromatic N) is 3. The molecule has 2 amide bonds. The average Bonchev–Trinajstić information content (AvgIpc) is 3.56. The number of benzene rings is 1. The molecule has 2 N–H and O–H groups in total. The van der Waals surface area contributed by atoms with Crippen molar-refractivity contribution in [2.24, 2.45) is 11.8 Å². The Morgan fingerprint density at radius 1 is 1.19 bits per heavy atom. The molecule has 3 unspecified atom stereocenters. The summed E-state index contributed by atoms with van der Waals surface area (Å²) in [5.41, 5.74) is 0.712. The Morgan fingerprint density at radius 3 is 2.54 bits per heavy atom. The minimum atomic E-state index is -3.54. The van der Waals surface area contributed by atoms with E-state index in [9.17, 15) is 23.1 Å². The third-order valence-electron chi connectivity index (χ3n) is 6.67. The predicted octanol–water partition coefficient (Wildman–Crippen LogP) is 1.35. The van der Waals surface area contributed by atoms with Gasteiger partial charge < -0.3 is 24.6 Å². The maximum Gasteiger partial charge on any atom is 0.257 e. The molecule has 2 aromatic rings. The average molecular weight is 535 g/mol. The first-order chi connectivity index (χ1) is 17.8. The van der Waals surface area contributed by atoms with Crippen molar-refractivity contribution in [1.29, 1.82) is 0 Å². The van der Waals surface area contributed by atoms with Crippen LogP contribution in [-0.2, 0) is 24.2 Å². The maximum absolute atomic E-state index is 13.3. The molecule has 11 nitrogen and oxygen atoms in total. The van der Waals surface area contributed by atoms with Crippen molar-refractivity contribution in [3.63, 3.8) is 0 Å². The van der Waals surface area contributed by atoms with Gasteiger partial charge in [0, 0.05) is 25.1 Å². The molecule has 1 aromatic heterocycles. The summed E-state index contributed by atoms with van der Waals surface area (Å²) in [6.45, 7) is 3.38. The number of sulfone groups is 1. The fraction of sp³-hybridized carbons (Fsp3) is 0.600. The molecule has 1 aliphatic carbocycles. The Kier molecular flexibility index (Phi) is 8.93. The second-order valence-corrected chi connectivity index (χ2v) is 11.9. The Morgan fingerprint density at radius 2 is 1.89 bits per heavy atom. The van der Waals surface area contributed by atoms with E-state index in [1.54, 1.807) is 24.0 Å². The fourth-order valence-corrected chi connectivity index (χ4v) is 6.40. The van der Waals surface area contributed by atoms with Crippen LogP contribution in [0.3, 0.4) is 0 Å². The topological polar surface area (TPSA) is 152 Å². The van der Waals surface area contributed by atoms with E-state index in [4.69, 9.17) is 9.26 Å². The second kappa shape index (κ2) is 12.1. The number of aliphatic hydroxyl groups is 1. The number of aromatic nitrogens is 2. The lowest BCUT2D eigenvalue weighted by atomic mass is 10.0. The van der Waals surface area contributed by atoms with Crippen LogP contribution in [0.1, 0.15) is 44.6 Å². The molecule has 12 heteroatoms. The van der Waals surface area contributed by atoms with Crippen molar-refractivity contribution in [3.05, 3.63) is 36.2 Å². The van der Waals surface area contributed by atoms with Crippen molar-refractivity contribution < 1.29 is 32.4 Å². The van der Waals surface area contributed by atoms with E-state index in [0.717, 1.165) is 12.8 Å². The summed E-state index contributed by atoms with van der Waals surface area (Å²) in [6.07, 6.45) is 0.498. The molecule has 2 heterocycles. The van der Waals surface area contributed by atoms with Crippen LogP contribution in [-0.4, -0.2) is 84.2 Å². The Bertz CT molecular complexity index is 1160. The lowest BCUT2D eigenvalue weighted by Crippen LogP contribution is -2.47. The normalized spacial score (nSPS) is 18.7. The largest absolute Gasteiger partial charge is 0.381 e. The van der Waals surface area contributed by atoms with Crippen LogP contribution in [0.4, 0.5) is 0 Å². The summed E-state index contributed by atoms with van der Waals surface area (Å²) >= 11 is 0. The number of morpholine rings is 1. The van der Waals surface area contributed by atoms with E-state index < -0.39 is 39.6 Å². The smallest absolute Gasteiger partial charge is 0.257 e. The van der Waals surface area contributed by atoms with Crippen LogP contribution in [0, 0.1) is 11.8 Å². The van der Waals surface area contributed by atoms with Crippen LogP contribution in [0.15, 0.2) is 34.9 Å². The molecule has 1 saturated heterocycles. The minimum Gasteiger partial charge on any atom is -0.381 e. The molecular weight excluding hydrogens is 500 g/mol. The van der Waals surface area contributed by atoms with Crippen LogP contribution >= 0.6 is 0 Å². The van der Waals surface area contributed by atoms with Gasteiger partial charge in [0.1, 0.15) is 0 Å². The molecule has 0 radical (unpaired) electrons. The molecule has 4 rings (SSSR count). The number of ether oxygens (including phenoxy) is 1. The van der Waals surface area contributed by atoms with Gasteiger partial charge in [0.25, 0.3) is 5.89 Å². The summed E-state index contributed by atoms with van der Waals surface area (Å²) in [7, 11) is -3.54. The van der Waals surface area contributed by atoms with Gasteiger partial charge in [-0.15, -0.1) is 0 Å². The highest BCUT2D eigenvalue weighted by atomic mass is 32.2. The zero-order valence-corrected chi connectivity index (χ0v) is 21.7. The fourth-order valence-electron chi connectivity index (χ4n) is 4.33. The quantitative estimate of drug-likeness (QED) is 0.411. The van der Waals surface area contributed by atoms with E-state index in [1.807, 2.05) is 18.2 Å². The number of aliphatic hydroxyl groups excluding tert-OH is 1. The Labute approximate surface area is 216 Å². The summed E-state index contributed by atoms with van der Waals surface area (Å²) < 4.78 is 36.1. The Hall–Kier alpha value is -2.83. The van der Waals surface area contributed by atoms with E-state index in [1.165, 1.54) is 0 Å². The number of nitrogens with one attached hydrogen (secondary N) is 1. The van der Waals surface area contributed by atoms with E-state index >= 15 is 0 Å². The van der Waals surface area contributed by atoms with Crippen LogP contribution in [0.2, 0.25) is 0 Å². The highest BCUT2D eigenvalue weighted by Gasteiger charge is 2.36. The molecule has 0 spiro atoms. The zero-order chi connectivity index (χ0) is 26.4. The van der Waals surface area contributed by atoms with Gasteiger partial charge >= 0.3 is 0 Å². The highest BCUT2D eigenvalue weighted by Crippen LogP contribution is 2.31. The Balaban J connectivity index is 1.45. The molecular formula is C25H34N4O7S. The van der Waals surface area contributed by atoms with Crippen molar-refractivity contribution in [1.82, 2.24) is 20.4 Å². The third-order valence-corrected chi connectivity index (χ3v) is 8.56. The molecule has 202 valence electrons. The number of amides is 2. The van der Waals surface area contributed by atoms with Gasteiger partial charge in [-0.2, -0.15) is 4.98 Å². The lowest BCUT2D eigenvalue weighted by molar-refractivity contribution is -0.139. The molecule has 3 atom stereocenters. The van der Waals surface area contributed by atoms with Gasteiger partial charge in [-0.1, -0.05) is 42.4 Å². The molecule has 1 aliphatic heterocycles. The van der Waals surface area contributed by atoms with Gasteiger partial charge in [-0.3, -0.25) is 9.59 Å². The van der Waals surface area contributed by atoms with Crippen LogP contribution in [0.25, 0.3) is 11.4 Å². The molecule has 37 heavy (non-hydrogen) atoms. The number of carbonyl (C=O) groups excluding carboxylic acids is 2. The minimum absolute atomic E-state index is 0.0204. The molecule has 2 fully saturated rings. The maximum atomic E-state index is 13.3. The van der Waals surface area contributed by atoms with Crippen molar-refractivity contribution in [2.45, 2.75) is 44.8 Å². The number of rotatable bonds is 12. The molecule has 2 aliphatic rings. The first-order valence-corrected chi connectivity index (χ1v) is 14.5. The SMILES string of the molecule is CCC(NC(=O)C(CC(=O)N1CCOCC1)CS(=O)(=O)CC1CC1)C(O)c1nc(-c2ccccc2)no1. The van der Waals surface area contributed by atoms with Crippen molar-refractivity contribution in [3.8, 4) is 11.4 Å². The first-order valence-electron chi connectivity index (χ1n) is 12.7. The van der Waals surface area contributed by atoms with E-state index in [-0.39, 0.29) is 29.9 Å². The number of hydrogen-bond donors (Lipinski definition) is 2. The predicted molar refractivity (Wildman–Crippen MR) is 134 cm³/mol. The second-order valence-electron chi connectivity index (χ2n) is 9.70. The monoisotopic (exact) mass is 534 g/mol. The van der Waals surface area contributed by atoms with Crippen LogP contribution in [0.5, 0.6) is 0 Å². The summed E-state index contributed by atoms with van der Waals surface area (Å²) in [6, 6.07) is 8.30. The van der Waals surface area contributed by atoms with E-state index in [2.05, 4.69) is 15.5 Å². The number of carbonyl (C=O) groups is 2. The van der Waals surface area contributed by atoms with Gasteiger partial charge in [0.2, 0.25) is 17.6 Å². The van der Waals surface area contributed by atoms with Gasteiger partial charge in [-0.05, 0) is 25.2 Å². The van der Waals surface area contributed by atoms with Gasteiger partial charge in [-0.25, -0.2) is 8.42 Å². The lowest BCUT2D eigenvalue weighted by Gasteiger charge is -2.29. The summed E-state index contributed by atoms with van der Waals surface area (Å²) in [5.74, 6) is -2.00. The molecule has 1 saturated carbocycles. The van der Waals surface area contributed by atoms with Crippen LogP contribution < -0.4 is 5.32 Å². The van der Waals surface area contributed by atoms with Gasteiger partial charge in [0.05, 0.1) is 36.7 Å². The number of hydrogen-bond acceptors (Lipinski definition) is 9. The van der Waals surface area contributed by atoms with Crippen molar-refractivity contribution in [2.75, 3.05) is 37.8 Å². The third kappa shape index (κ3) is 7.59. The summed E-state index contributed by atoms with van der Waals surface area (Å²) in [5, 5.41) is 17.5. The highest BCUT2D eigenvalue weighted by molar-refractivity contribution is 7.91. The zero-order valence-electron chi connectivity index (χ0n) is 20.9. The summed E-state index contributed by atoms with van der Waals surface area (Å²) in [4.78, 5) is 32.1. The van der Waals surface area contributed by atoms with Crippen molar-refractivity contribution >= 4 is 21.7 Å². The first kappa shape index (κ1) is 27.2. The van der Waals surface area contributed by atoms with Gasteiger partial charge in [0.15, 0.2) is 15.9 Å². The van der Waals surface area contributed by atoms with E-state index in [0.29, 0.717) is 44.1 Å². The molecule has 1 aromatic carbocycles. The standard InChI is InChI=1S/C25H34N4O7S/c1-2-20(22(31)25-27-23(28-36-25)18-6-4-3-5-7-18)26-24(32)19(16-37(33,34)15-17-8-9-17)14-21(30)29-10-12-35-13-11-29/h3-7,17,19-20,22,31H,2,8-16H2,1H3,(H,26,32). The molecule has 0 bridgehead atoms.